The molecule has 0 bridgehead atoms. The Hall–Kier alpha value is -1.78. The molecule has 0 aliphatic carbocycles. The highest BCUT2D eigenvalue weighted by molar-refractivity contribution is 7.88. The first-order valence-corrected chi connectivity index (χ1v) is 8.74. The first-order valence-electron chi connectivity index (χ1n) is 7.14. The van der Waals surface area contributed by atoms with Gasteiger partial charge in [0.25, 0.3) is 0 Å². The van der Waals surface area contributed by atoms with Gasteiger partial charge in [-0.15, -0.1) is 0 Å². The van der Waals surface area contributed by atoms with Crippen LogP contribution in [0.15, 0.2) is 15.1 Å². The summed E-state index contributed by atoms with van der Waals surface area (Å²) in [7, 11) is -2.09. The van der Waals surface area contributed by atoms with Crippen LogP contribution in [0.1, 0.15) is 35.6 Å². The number of hydrogen-bond donors (Lipinski definition) is 0. The summed E-state index contributed by atoms with van der Waals surface area (Å²) in [6.07, 6.45) is 0.241. The maximum Gasteiger partial charge on any atom is 0.245 e. The molecule has 2 aromatic rings. The van der Waals surface area contributed by atoms with Crippen LogP contribution in [0, 0.1) is 13.8 Å². The van der Waals surface area contributed by atoms with E-state index in [0.29, 0.717) is 23.7 Å². The van der Waals surface area contributed by atoms with Gasteiger partial charge in [-0.05, 0) is 13.8 Å². The number of aromatic nitrogens is 3. The summed E-state index contributed by atoms with van der Waals surface area (Å²) in [5.74, 6) is 0.765. The second-order valence-electron chi connectivity index (χ2n) is 5.55. The minimum atomic E-state index is -3.64. The molecule has 0 N–H and O–H groups in total. The Labute approximate surface area is 133 Å². The van der Waals surface area contributed by atoms with Crippen molar-refractivity contribution < 1.29 is 22.2 Å². The molecule has 3 rings (SSSR count). The number of sulfonamides is 1. The predicted octanol–water partition coefficient (Wildman–Crippen LogP) is 0.966. The molecule has 2 aromatic heterocycles. The van der Waals surface area contributed by atoms with Crippen molar-refractivity contribution >= 4 is 10.0 Å². The predicted molar refractivity (Wildman–Crippen MR) is 77.8 cm³/mol. The number of nitrogens with zero attached hydrogens (tertiary/aromatic N) is 4. The van der Waals surface area contributed by atoms with Crippen molar-refractivity contribution in [2.24, 2.45) is 0 Å². The fourth-order valence-corrected chi connectivity index (χ4v) is 4.29. The molecule has 3 heterocycles. The van der Waals surface area contributed by atoms with E-state index in [1.807, 2.05) is 0 Å². The Balaban J connectivity index is 1.87. The van der Waals surface area contributed by atoms with Crippen molar-refractivity contribution in [1.29, 1.82) is 0 Å². The van der Waals surface area contributed by atoms with Crippen LogP contribution in [0.2, 0.25) is 0 Å². The highest BCUT2D eigenvalue weighted by Gasteiger charge is 2.43. The summed E-state index contributed by atoms with van der Waals surface area (Å²) in [5, 5.41) is 7.45. The molecule has 126 valence electrons. The molecule has 0 amide bonds. The largest absolute Gasteiger partial charge is 0.380 e. The van der Waals surface area contributed by atoms with Crippen molar-refractivity contribution in [3.63, 3.8) is 0 Å². The van der Waals surface area contributed by atoms with Gasteiger partial charge < -0.3 is 13.8 Å². The first-order chi connectivity index (χ1) is 10.9. The zero-order valence-corrected chi connectivity index (χ0v) is 13.9. The molecule has 23 heavy (non-hydrogen) atoms. The van der Waals surface area contributed by atoms with E-state index in [1.54, 1.807) is 27.0 Å². The lowest BCUT2D eigenvalue weighted by Crippen LogP contribution is -2.33. The Morgan fingerprint density at radius 3 is 2.70 bits per heavy atom. The van der Waals surface area contributed by atoms with E-state index < -0.39 is 16.1 Å². The van der Waals surface area contributed by atoms with Gasteiger partial charge in [-0.3, -0.25) is 0 Å². The second-order valence-corrected chi connectivity index (χ2v) is 7.47. The quantitative estimate of drug-likeness (QED) is 0.790. The van der Waals surface area contributed by atoms with Gasteiger partial charge in [-0.1, -0.05) is 10.3 Å². The van der Waals surface area contributed by atoms with E-state index in [4.69, 9.17) is 13.8 Å². The third kappa shape index (κ3) is 3.28. The summed E-state index contributed by atoms with van der Waals surface area (Å²) in [4.78, 5) is 4.16. The summed E-state index contributed by atoms with van der Waals surface area (Å²) >= 11 is 0. The molecule has 10 heteroatoms. The minimum absolute atomic E-state index is 0.224. The van der Waals surface area contributed by atoms with Gasteiger partial charge in [-0.25, -0.2) is 8.42 Å². The molecule has 0 radical (unpaired) electrons. The SMILES string of the molecule is CO[C@H]1C[C@H](c2nc(C)no2)N(S(=O)(=O)Cc2cc(C)no2)C1. The van der Waals surface area contributed by atoms with E-state index in [1.165, 1.54) is 4.31 Å². The van der Waals surface area contributed by atoms with Gasteiger partial charge in [0, 0.05) is 26.1 Å². The fraction of sp³-hybridized carbons (Fsp3) is 0.615. The number of hydrogen-bond acceptors (Lipinski definition) is 8. The standard InChI is InChI=1S/C13H18N4O5S/c1-8-4-11(21-15-8)7-23(18,19)17-6-10(20-3)5-12(17)13-14-9(2)16-22-13/h4,10,12H,5-7H2,1-3H3/t10-,12+/m0/s1. The van der Waals surface area contributed by atoms with Crippen LogP contribution >= 0.6 is 0 Å². The average molecular weight is 342 g/mol. The summed E-state index contributed by atoms with van der Waals surface area (Å²) in [6, 6.07) is 1.07. The van der Waals surface area contributed by atoms with Gasteiger partial charge in [0.2, 0.25) is 15.9 Å². The van der Waals surface area contributed by atoms with Crippen LogP contribution in [0.4, 0.5) is 0 Å². The van der Waals surface area contributed by atoms with Crippen LogP contribution in [0.3, 0.4) is 0 Å². The van der Waals surface area contributed by atoms with Crippen LogP contribution in [0.25, 0.3) is 0 Å². The van der Waals surface area contributed by atoms with E-state index >= 15 is 0 Å². The van der Waals surface area contributed by atoms with Crippen LogP contribution in [0.5, 0.6) is 0 Å². The Kier molecular flexibility index (Phi) is 4.21. The topological polar surface area (TPSA) is 112 Å². The minimum Gasteiger partial charge on any atom is -0.380 e. The molecular formula is C13H18N4O5S. The van der Waals surface area contributed by atoms with E-state index in [0.717, 1.165) is 0 Å². The molecule has 0 saturated carbocycles. The maximum absolute atomic E-state index is 12.8. The van der Waals surface area contributed by atoms with Crippen LogP contribution < -0.4 is 0 Å². The molecule has 1 aliphatic rings. The summed E-state index contributed by atoms with van der Waals surface area (Å²) in [5.41, 5.74) is 0.635. The maximum atomic E-state index is 12.8. The zero-order valence-electron chi connectivity index (χ0n) is 13.1. The molecule has 1 saturated heterocycles. The lowest BCUT2D eigenvalue weighted by molar-refractivity contribution is 0.113. The van der Waals surface area contributed by atoms with Crippen molar-refractivity contribution in [1.82, 2.24) is 19.6 Å². The summed E-state index contributed by atoms with van der Waals surface area (Å²) in [6.45, 7) is 3.66. The number of ether oxygens (including phenoxy) is 1. The second kappa shape index (κ2) is 6.02. The van der Waals surface area contributed by atoms with Crippen LogP contribution in [-0.2, 0) is 20.5 Å². The molecule has 2 atom stereocenters. The van der Waals surface area contributed by atoms with Gasteiger partial charge >= 0.3 is 0 Å². The zero-order chi connectivity index (χ0) is 16.6. The molecule has 0 spiro atoms. The van der Waals surface area contributed by atoms with Gasteiger partial charge in [0.05, 0.1) is 11.8 Å². The van der Waals surface area contributed by atoms with Gasteiger partial charge in [-0.2, -0.15) is 9.29 Å². The molecular weight excluding hydrogens is 324 g/mol. The van der Waals surface area contributed by atoms with E-state index in [9.17, 15) is 8.42 Å². The normalized spacial score (nSPS) is 22.7. The number of aryl methyl sites for hydroxylation is 2. The van der Waals surface area contributed by atoms with Crippen molar-refractivity contribution in [3.05, 3.63) is 29.2 Å². The van der Waals surface area contributed by atoms with E-state index in [2.05, 4.69) is 15.3 Å². The number of methoxy groups -OCH3 is 1. The highest BCUT2D eigenvalue weighted by atomic mass is 32.2. The molecule has 0 aromatic carbocycles. The smallest absolute Gasteiger partial charge is 0.245 e. The third-order valence-corrected chi connectivity index (χ3v) is 5.51. The van der Waals surface area contributed by atoms with Crippen LogP contribution in [-0.4, -0.2) is 47.8 Å². The third-order valence-electron chi connectivity index (χ3n) is 3.74. The Morgan fingerprint density at radius 2 is 2.13 bits per heavy atom. The van der Waals surface area contributed by atoms with Crippen molar-refractivity contribution in [3.8, 4) is 0 Å². The number of rotatable bonds is 5. The summed E-state index contributed by atoms with van der Waals surface area (Å²) < 4.78 is 42.4. The molecule has 1 fully saturated rings. The lowest BCUT2D eigenvalue weighted by atomic mass is 10.2. The average Bonchev–Trinajstić information content (AvgIpc) is 3.18. The molecule has 9 nitrogen and oxygen atoms in total. The van der Waals surface area contributed by atoms with Gasteiger partial charge in [0.1, 0.15) is 11.8 Å². The van der Waals surface area contributed by atoms with Crippen molar-refractivity contribution in [2.45, 2.75) is 38.2 Å². The first kappa shape index (κ1) is 16.1. The van der Waals surface area contributed by atoms with Crippen molar-refractivity contribution in [2.75, 3.05) is 13.7 Å². The Bertz CT molecular complexity index is 784. The lowest BCUT2D eigenvalue weighted by Gasteiger charge is -2.20. The molecule has 1 aliphatic heterocycles. The van der Waals surface area contributed by atoms with Gasteiger partial charge in [0.15, 0.2) is 11.6 Å². The van der Waals surface area contributed by atoms with E-state index in [-0.39, 0.29) is 24.3 Å². The monoisotopic (exact) mass is 342 g/mol. The fourth-order valence-electron chi connectivity index (χ4n) is 2.67. The molecule has 0 unspecified atom stereocenters. The Morgan fingerprint density at radius 1 is 1.35 bits per heavy atom. The highest BCUT2D eigenvalue weighted by Crippen LogP contribution is 2.35.